The van der Waals surface area contributed by atoms with E-state index in [1.807, 2.05) is 0 Å². The van der Waals surface area contributed by atoms with Crippen LogP contribution in [0.1, 0.15) is 51.9 Å². The number of esters is 1. The highest BCUT2D eigenvalue weighted by molar-refractivity contribution is 6.05. The zero-order valence-electron chi connectivity index (χ0n) is 17.9. The van der Waals surface area contributed by atoms with Gasteiger partial charge < -0.3 is 19.5 Å². The number of halogens is 2. The monoisotopic (exact) mass is 433 g/mol. The van der Waals surface area contributed by atoms with Crippen molar-refractivity contribution >= 4 is 23.5 Å². The molecule has 0 radical (unpaired) electrons. The van der Waals surface area contributed by atoms with E-state index in [2.05, 4.69) is 5.32 Å². The number of anilines is 1. The van der Waals surface area contributed by atoms with Gasteiger partial charge in [-0.1, -0.05) is 0 Å². The first-order chi connectivity index (χ1) is 14.6. The first-order valence-electron chi connectivity index (χ1n) is 10.0. The maximum Gasteiger partial charge on any atom is 0.355 e. The molecular formula is C22H25F2N3O4. The van der Waals surface area contributed by atoms with Gasteiger partial charge in [0.05, 0.1) is 18.8 Å². The molecule has 3 rings (SSSR count). The molecule has 166 valence electrons. The normalized spacial score (nSPS) is 13.1. The molecule has 1 aromatic carbocycles. The summed E-state index contributed by atoms with van der Waals surface area (Å²) in [4.78, 5) is 39.5. The standard InChI is InChI=1S/C22H25F2N3O4/c1-5-31-21(29)20-12(2)19(13(3)26(20)4)18(28)11-27(15-7-8-15)22(30)25-17-9-6-14(23)10-16(17)24/h6,9-10,15H,5,7-8,11H2,1-4H3,(H,25,30). The summed E-state index contributed by atoms with van der Waals surface area (Å²) in [6.07, 6.45) is 1.46. The highest BCUT2D eigenvalue weighted by Crippen LogP contribution is 2.29. The van der Waals surface area contributed by atoms with E-state index >= 15 is 0 Å². The highest BCUT2D eigenvalue weighted by atomic mass is 19.1. The van der Waals surface area contributed by atoms with E-state index in [1.165, 1.54) is 4.90 Å². The third-order valence-corrected chi connectivity index (χ3v) is 5.41. The van der Waals surface area contributed by atoms with E-state index in [1.54, 1.807) is 32.4 Å². The van der Waals surface area contributed by atoms with Gasteiger partial charge in [-0.3, -0.25) is 4.79 Å². The minimum Gasteiger partial charge on any atom is -0.461 e. The van der Waals surface area contributed by atoms with Crippen LogP contribution in [0.2, 0.25) is 0 Å². The molecule has 0 saturated heterocycles. The minimum atomic E-state index is -0.899. The van der Waals surface area contributed by atoms with Crippen LogP contribution in [0.25, 0.3) is 0 Å². The molecule has 0 spiro atoms. The molecule has 1 fully saturated rings. The summed E-state index contributed by atoms with van der Waals surface area (Å²) in [6.45, 7) is 5.07. The number of hydrogen-bond donors (Lipinski definition) is 1. The molecule has 0 aliphatic heterocycles. The van der Waals surface area contributed by atoms with Gasteiger partial charge in [0.25, 0.3) is 0 Å². The number of aromatic nitrogens is 1. The van der Waals surface area contributed by atoms with Crippen molar-refractivity contribution in [3.05, 3.63) is 52.3 Å². The van der Waals surface area contributed by atoms with Crippen LogP contribution in [0.4, 0.5) is 19.3 Å². The quantitative estimate of drug-likeness (QED) is 0.529. The summed E-state index contributed by atoms with van der Waals surface area (Å²) in [5.74, 6) is -2.50. The topological polar surface area (TPSA) is 80.6 Å². The summed E-state index contributed by atoms with van der Waals surface area (Å²) in [7, 11) is 1.67. The Morgan fingerprint density at radius 3 is 2.48 bits per heavy atom. The average molecular weight is 433 g/mol. The largest absolute Gasteiger partial charge is 0.461 e. The number of nitrogens with zero attached hydrogens (tertiary/aromatic N) is 2. The summed E-state index contributed by atoms with van der Waals surface area (Å²) < 4.78 is 33.7. The van der Waals surface area contributed by atoms with Gasteiger partial charge in [-0.05, 0) is 51.3 Å². The maximum atomic E-state index is 13.9. The van der Waals surface area contributed by atoms with Crippen LogP contribution in [0.15, 0.2) is 18.2 Å². The van der Waals surface area contributed by atoms with Crippen molar-refractivity contribution in [3.63, 3.8) is 0 Å². The molecule has 1 aliphatic carbocycles. The van der Waals surface area contributed by atoms with Crippen LogP contribution in [0.5, 0.6) is 0 Å². The third kappa shape index (κ3) is 4.60. The molecule has 1 heterocycles. The van der Waals surface area contributed by atoms with Crippen molar-refractivity contribution in [1.29, 1.82) is 0 Å². The molecule has 31 heavy (non-hydrogen) atoms. The number of ketones is 1. The van der Waals surface area contributed by atoms with Crippen molar-refractivity contribution in [1.82, 2.24) is 9.47 Å². The lowest BCUT2D eigenvalue weighted by atomic mass is 10.1. The molecule has 1 aliphatic rings. The number of amides is 2. The van der Waals surface area contributed by atoms with Crippen LogP contribution in [0, 0.1) is 25.5 Å². The van der Waals surface area contributed by atoms with Crippen LogP contribution in [0.3, 0.4) is 0 Å². The lowest BCUT2D eigenvalue weighted by Crippen LogP contribution is -2.40. The molecule has 2 amide bonds. The van der Waals surface area contributed by atoms with Crippen molar-refractivity contribution in [2.75, 3.05) is 18.5 Å². The lowest BCUT2D eigenvalue weighted by Gasteiger charge is -2.22. The Morgan fingerprint density at radius 2 is 1.90 bits per heavy atom. The van der Waals surface area contributed by atoms with E-state index in [-0.39, 0.29) is 30.7 Å². The van der Waals surface area contributed by atoms with Gasteiger partial charge in [0.15, 0.2) is 5.78 Å². The number of carbonyl (C=O) groups excluding carboxylic acids is 3. The fourth-order valence-corrected chi connectivity index (χ4v) is 3.64. The van der Waals surface area contributed by atoms with E-state index in [0.29, 0.717) is 28.6 Å². The van der Waals surface area contributed by atoms with Crippen molar-refractivity contribution < 1.29 is 27.9 Å². The van der Waals surface area contributed by atoms with Crippen molar-refractivity contribution in [2.45, 2.75) is 39.7 Å². The first kappa shape index (κ1) is 22.5. The molecule has 7 nitrogen and oxygen atoms in total. The lowest BCUT2D eigenvalue weighted by molar-refractivity contribution is 0.0514. The Labute approximate surface area is 179 Å². The summed E-state index contributed by atoms with van der Waals surface area (Å²) in [6, 6.07) is 2.07. The zero-order chi connectivity index (χ0) is 22.9. The molecule has 2 aromatic rings. The number of ether oxygens (including phenoxy) is 1. The number of urea groups is 1. The summed E-state index contributed by atoms with van der Waals surface area (Å²) in [5.41, 5.74) is 1.56. The smallest absolute Gasteiger partial charge is 0.355 e. The second kappa shape index (κ2) is 8.87. The average Bonchev–Trinajstić information content (AvgIpc) is 3.50. The molecule has 0 atom stereocenters. The van der Waals surface area contributed by atoms with Gasteiger partial charge in [-0.25, -0.2) is 18.4 Å². The van der Waals surface area contributed by atoms with Crippen LogP contribution >= 0.6 is 0 Å². The van der Waals surface area contributed by atoms with E-state index < -0.39 is 23.6 Å². The number of Topliss-reactive ketones (excluding diaryl/α,β-unsaturated/α-hetero) is 1. The Balaban J connectivity index is 1.82. The fourth-order valence-electron chi connectivity index (χ4n) is 3.64. The Kier molecular flexibility index (Phi) is 6.42. The van der Waals surface area contributed by atoms with E-state index in [9.17, 15) is 23.2 Å². The van der Waals surface area contributed by atoms with Crippen LogP contribution in [-0.2, 0) is 11.8 Å². The first-order valence-corrected chi connectivity index (χ1v) is 10.0. The van der Waals surface area contributed by atoms with E-state index in [4.69, 9.17) is 4.74 Å². The third-order valence-electron chi connectivity index (χ3n) is 5.41. The van der Waals surface area contributed by atoms with Gasteiger partial charge in [0, 0.05) is 30.4 Å². The number of hydrogen-bond acceptors (Lipinski definition) is 4. The predicted octanol–water partition coefficient (Wildman–Crippen LogP) is 3.98. The van der Waals surface area contributed by atoms with Gasteiger partial charge in [0.2, 0.25) is 0 Å². The van der Waals surface area contributed by atoms with Crippen LogP contribution < -0.4 is 5.32 Å². The summed E-state index contributed by atoms with van der Waals surface area (Å²) in [5, 5.41) is 2.41. The second-order valence-corrected chi connectivity index (χ2v) is 7.55. The number of carbonyl (C=O) groups is 3. The van der Waals surface area contributed by atoms with Gasteiger partial charge in [0.1, 0.15) is 17.3 Å². The summed E-state index contributed by atoms with van der Waals surface area (Å²) >= 11 is 0. The minimum absolute atomic E-state index is 0.138. The van der Waals surface area contributed by atoms with Gasteiger partial charge in [-0.2, -0.15) is 0 Å². The molecule has 0 bridgehead atoms. The molecule has 1 aromatic heterocycles. The molecule has 1 N–H and O–H groups in total. The SMILES string of the molecule is CCOC(=O)c1c(C)c(C(=O)CN(C(=O)Nc2ccc(F)cc2F)C2CC2)c(C)n1C. The molecule has 1 saturated carbocycles. The molecule has 0 unspecified atom stereocenters. The van der Waals surface area contributed by atoms with Gasteiger partial charge >= 0.3 is 12.0 Å². The zero-order valence-corrected chi connectivity index (χ0v) is 17.9. The predicted molar refractivity (Wildman–Crippen MR) is 110 cm³/mol. The number of nitrogens with one attached hydrogen (secondary N) is 1. The fraction of sp³-hybridized carbons (Fsp3) is 0.409. The number of rotatable bonds is 7. The van der Waals surface area contributed by atoms with Gasteiger partial charge in [-0.15, -0.1) is 0 Å². The highest BCUT2D eigenvalue weighted by Gasteiger charge is 2.36. The Morgan fingerprint density at radius 1 is 1.23 bits per heavy atom. The molecule has 9 heteroatoms. The maximum absolute atomic E-state index is 13.9. The van der Waals surface area contributed by atoms with Crippen molar-refractivity contribution in [3.8, 4) is 0 Å². The van der Waals surface area contributed by atoms with Crippen LogP contribution in [-0.4, -0.2) is 46.4 Å². The van der Waals surface area contributed by atoms with Crippen molar-refractivity contribution in [2.24, 2.45) is 7.05 Å². The second-order valence-electron chi connectivity index (χ2n) is 7.55. The Bertz CT molecular complexity index is 1040. The molecular weight excluding hydrogens is 408 g/mol. The van der Waals surface area contributed by atoms with E-state index in [0.717, 1.165) is 25.0 Å². The number of benzene rings is 1. The Hall–Kier alpha value is -3.23.